The predicted molar refractivity (Wildman–Crippen MR) is 98.6 cm³/mol. The molecule has 0 bridgehead atoms. The molecule has 2 aromatic rings. The zero-order valence-corrected chi connectivity index (χ0v) is 14.8. The molecule has 1 aliphatic rings. The summed E-state index contributed by atoms with van der Waals surface area (Å²) >= 11 is 0. The fourth-order valence-corrected chi connectivity index (χ4v) is 3.23. The SMILES string of the molecule is CC(C)(CO)CCNC(=O)OCC1c2ccccc2-c2ccccc21. The minimum absolute atomic E-state index is 0.0760. The number of alkyl carbamates (subject to hydrolysis) is 1. The van der Waals surface area contributed by atoms with Crippen molar-refractivity contribution in [3.63, 3.8) is 0 Å². The summed E-state index contributed by atoms with van der Waals surface area (Å²) in [5, 5.41) is 12.0. The molecule has 0 spiro atoms. The van der Waals surface area contributed by atoms with Crippen LogP contribution in [0.1, 0.15) is 37.3 Å². The molecule has 0 saturated heterocycles. The van der Waals surface area contributed by atoms with Crippen LogP contribution in [0.25, 0.3) is 11.1 Å². The zero-order chi connectivity index (χ0) is 17.9. The minimum atomic E-state index is -0.407. The monoisotopic (exact) mass is 339 g/mol. The highest BCUT2D eigenvalue weighted by Crippen LogP contribution is 2.44. The largest absolute Gasteiger partial charge is 0.449 e. The van der Waals surface area contributed by atoms with Crippen LogP contribution in [0.4, 0.5) is 4.79 Å². The van der Waals surface area contributed by atoms with E-state index in [-0.39, 0.29) is 17.9 Å². The summed E-state index contributed by atoms with van der Waals surface area (Å²) in [7, 11) is 0. The third kappa shape index (κ3) is 3.85. The van der Waals surface area contributed by atoms with Crippen LogP contribution in [0, 0.1) is 5.41 Å². The number of hydrogen-bond acceptors (Lipinski definition) is 3. The van der Waals surface area contributed by atoms with Gasteiger partial charge in [0.05, 0.1) is 0 Å². The summed E-state index contributed by atoms with van der Waals surface area (Å²) in [6, 6.07) is 16.6. The summed E-state index contributed by atoms with van der Waals surface area (Å²) in [5.74, 6) is 0.0760. The lowest BCUT2D eigenvalue weighted by Crippen LogP contribution is -2.30. The fraction of sp³-hybridized carbons (Fsp3) is 0.381. The van der Waals surface area contributed by atoms with Crippen molar-refractivity contribution in [2.45, 2.75) is 26.2 Å². The van der Waals surface area contributed by atoms with Gasteiger partial charge in [-0.15, -0.1) is 0 Å². The van der Waals surface area contributed by atoms with Gasteiger partial charge in [-0.3, -0.25) is 0 Å². The Morgan fingerprint density at radius 2 is 1.64 bits per heavy atom. The van der Waals surface area contributed by atoms with Crippen molar-refractivity contribution >= 4 is 6.09 Å². The first-order chi connectivity index (χ1) is 12.0. The van der Waals surface area contributed by atoms with Crippen molar-refractivity contribution in [1.82, 2.24) is 5.32 Å². The molecule has 0 fully saturated rings. The molecule has 4 nitrogen and oxygen atoms in total. The van der Waals surface area contributed by atoms with Crippen molar-refractivity contribution in [3.8, 4) is 11.1 Å². The third-order valence-electron chi connectivity index (χ3n) is 4.84. The van der Waals surface area contributed by atoms with Gasteiger partial charge in [-0.2, -0.15) is 0 Å². The van der Waals surface area contributed by atoms with Gasteiger partial charge in [0.15, 0.2) is 0 Å². The topological polar surface area (TPSA) is 58.6 Å². The number of aliphatic hydroxyl groups excluding tert-OH is 1. The van der Waals surface area contributed by atoms with Crippen molar-refractivity contribution in [1.29, 1.82) is 0 Å². The fourth-order valence-electron chi connectivity index (χ4n) is 3.23. The third-order valence-corrected chi connectivity index (χ3v) is 4.84. The maximum absolute atomic E-state index is 12.0. The van der Waals surface area contributed by atoms with Crippen LogP contribution in [0.15, 0.2) is 48.5 Å². The van der Waals surface area contributed by atoms with Gasteiger partial charge >= 0.3 is 6.09 Å². The molecule has 1 aliphatic carbocycles. The molecule has 0 aliphatic heterocycles. The number of nitrogens with one attached hydrogen (secondary N) is 1. The summed E-state index contributed by atoms with van der Waals surface area (Å²) < 4.78 is 5.48. The number of amides is 1. The Hall–Kier alpha value is -2.33. The second kappa shape index (κ2) is 7.28. The van der Waals surface area contributed by atoms with E-state index in [4.69, 9.17) is 4.74 Å². The molecular weight excluding hydrogens is 314 g/mol. The van der Waals surface area contributed by atoms with Gasteiger partial charge in [-0.1, -0.05) is 62.4 Å². The molecule has 0 unspecified atom stereocenters. The standard InChI is InChI=1S/C21H25NO3/c1-21(2,14-23)11-12-22-20(24)25-13-19-17-9-5-3-7-15(17)16-8-4-6-10-18(16)19/h3-10,19,23H,11-14H2,1-2H3,(H,22,24). The maximum Gasteiger partial charge on any atom is 0.407 e. The lowest BCUT2D eigenvalue weighted by Gasteiger charge is -2.21. The zero-order valence-electron chi connectivity index (χ0n) is 14.8. The first-order valence-corrected chi connectivity index (χ1v) is 8.71. The van der Waals surface area contributed by atoms with Crippen LogP contribution in [-0.2, 0) is 4.74 Å². The van der Waals surface area contributed by atoms with Gasteiger partial charge in [0.25, 0.3) is 0 Å². The number of fused-ring (bicyclic) bond motifs is 3. The molecule has 132 valence electrons. The number of rotatable bonds is 6. The normalized spacial score (nSPS) is 13.2. The van der Waals surface area contributed by atoms with Gasteiger partial charge in [0.2, 0.25) is 0 Å². The van der Waals surface area contributed by atoms with Crippen LogP contribution in [-0.4, -0.2) is 31.0 Å². The highest BCUT2D eigenvalue weighted by Gasteiger charge is 2.29. The van der Waals surface area contributed by atoms with Gasteiger partial charge in [-0.05, 0) is 34.1 Å². The highest BCUT2D eigenvalue weighted by atomic mass is 16.5. The van der Waals surface area contributed by atoms with Crippen LogP contribution < -0.4 is 5.32 Å². The van der Waals surface area contributed by atoms with Crippen LogP contribution in [0.2, 0.25) is 0 Å². The first-order valence-electron chi connectivity index (χ1n) is 8.71. The molecule has 2 N–H and O–H groups in total. The van der Waals surface area contributed by atoms with Crippen molar-refractivity contribution < 1.29 is 14.6 Å². The van der Waals surface area contributed by atoms with Crippen molar-refractivity contribution in [3.05, 3.63) is 59.7 Å². The Kier molecular flexibility index (Phi) is 5.09. The molecule has 0 heterocycles. The van der Waals surface area contributed by atoms with E-state index in [2.05, 4.69) is 29.6 Å². The van der Waals surface area contributed by atoms with E-state index in [1.165, 1.54) is 22.3 Å². The molecule has 0 radical (unpaired) electrons. The quantitative estimate of drug-likeness (QED) is 0.838. The lowest BCUT2D eigenvalue weighted by molar-refractivity contribution is 0.132. The second-order valence-electron chi connectivity index (χ2n) is 7.32. The number of hydrogen-bond donors (Lipinski definition) is 2. The van der Waals surface area contributed by atoms with Crippen LogP contribution in [0.3, 0.4) is 0 Å². The van der Waals surface area contributed by atoms with Gasteiger partial charge in [0, 0.05) is 19.1 Å². The number of aliphatic hydroxyl groups is 1. The molecule has 3 rings (SSSR count). The summed E-state index contributed by atoms with van der Waals surface area (Å²) in [5.41, 5.74) is 4.65. The lowest BCUT2D eigenvalue weighted by atomic mass is 9.91. The van der Waals surface area contributed by atoms with E-state index in [0.717, 1.165) is 0 Å². The van der Waals surface area contributed by atoms with E-state index >= 15 is 0 Å². The Morgan fingerprint density at radius 1 is 1.08 bits per heavy atom. The number of carbonyl (C=O) groups is 1. The van der Waals surface area contributed by atoms with Gasteiger partial charge < -0.3 is 15.2 Å². The first kappa shape index (κ1) is 17.5. The molecule has 0 saturated carbocycles. The molecule has 25 heavy (non-hydrogen) atoms. The highest BCUT2D eigenvalue weighted by molar-refractivity contribution is 5.79. The molecular formula is C21H25NO3. The summed E-state index contributed by atoms with van der Waals surface area (Å²) in [6.45, 7) is 4.84. The predicted octanol–water partition coefficient (Wildman–Crippen LogP) is 3.93. The number of carbonyl (C=O) groups excluding carboxylic acids is 1. The minimum Gasteiger partial charge on any atom is -0.449 e. The smallest absolute Gasteiger partial charge is 0.407 e. The van der Waals surface area contributed by atoms with E-state index < -0.39 is 6.09 Å². The molecule has 4 heteroatoms. The van der Waals surface area contributed by atoms with E-state index in [0.29, 0.717) is 19.6 Å². The number of ether oxygens (including phenoxy) is 1. The van der Waals surface area contributed by atoms with Crippen molar-refractivity contribution in [2.75, 3.05) is 19.8 Å². The van der Waals surface area contributed by atoms with Crippen molar-refractivity contribution in [2.24, 2.45) is 5.41 Å². The maximum atomic E-state index is 12.0. The Balaban J connectivity index is 1.61. The average molecular weight is 339 g/mol. The molecule has 0 aromatic heterocycles. The van der Waals surface area contributed by atoms with E-state index in [1.54, 1.807) is 0 Å². The second-order valence-corrected chi connectivity index (χ2v) is 7.32. The average Bonchev–Trinajstić information content (AvgIpc) is 2.94. The van der Waals surface area contributed by atoms with Gasteiger partial charge in [-0.25, -0.2) is 4.79 Å². The van der Waals surface area contributed by atoms with Crippen LogP contribution in [0.5, 0.6) is 0 Å². The number of benzene rings is 2. The summed E-state index contributed by atoms with van der Waals surface area (Å²) in [4.78, 5) is 12.0. The van der Waals surface area contributed by atoms with Gasteiger partial charge in [0.1, 0.15) is 6.61 Å². The van der Waals surface area contributed by atoms with Crippen LogP contribution >= 0.6 is 0 Å². The molecule has 0 atom stereocenters. The molecule has 2 aromatic carbocycles. The Bertz CT molecular complexity index is 709. The summed E-state index contributed by atoms with van der Waals surface area (Å²) in [6.07, 6.45) is 0.295. The van der Waals surface area contributed by atoms with E-state index in [1.807, 2.05) is 38.1 Å². The molecule has 1 amide bonds. The Morgan fingerprint density at radius 3 is 2.20 bits per heavy atom. The Labute approximate surface area is 148 Å². The van der Waals surface area contributed by atoms with E-state index in [9.17, 15) is 9.90 Å².